The van der Waals surface area contributed by atoms with Gasteiger partial charge in [0.2, 0.25) is 5.91 Å². The third kappa shape index (κ3) is 3.43. The molecule has 2 rings (SSSR count). The Morgan fingerprint density at radius 3 is 2.47 bits per heavy atom. The molecule has 0 aromatic carbocycles. The van der Waals surface area contributed by atoms with Crippen molar-refractivity contribution in [2.75, 3.05) is 0 Å². The van der Waals surface area contributed by atoms with Gasteiger partial charge in [0, 0.05) is 18.0 Å². The first-order valence-electron chi connectivity index (χ1n) is 6.29. The van der Waals surface area contributed by atoms with Crippen molar-refractivity contribution >= 4 is 11.9 Å². The number of rotatable bonds is 6. The Morgan fingerprint density at radius 2 is 2.06 bits per heavy atom. The molecule has 5 heteroatoms. The Bertz CT molecular complexity index is 322. The predicted molar refractivity (Wildman–Crippen MR) is 62.3 cm³/mol. The van der Waals surface area contributed by atoms with Crippen LogP contribution in [0.2, 0.25) is 0 Å². The summed E-state index contributed by atoms with van der Waals surface area (Å²) >= 11 is 0. The van der Waals surface area contributed by atoms with Gasteiger partial charge in [-0.1, -0.05) is 0 Å². The summed E-state index contributed by atoms with van der Waals surface area (Å²) in [7, 11) is 0. The maximum absolute atomic E-state index is 11.8. The molecule has 2 aliphatic carbocycles. The predicted octanol–water partition coefficient (Wildman–Crippen LogP) is 0.627. The summed E-state index contributed by atoms with van der Waals surface area (Å²) in [4.78, 5) is 22.5. The van der Waals surface area contributed by atoms with Crippen molar-refractivity contribution in [2.45, 2.75) is 56.5 Å². The minimum atomic E-state index is -0.853. The molecule has 1 unspecified atom stereocenters. The molecule has 17 heavy (non-hydrogen) atoms. The summed E-state index contributed by atoms with van der Waals surface area (Å²) in [5, 5.41) is 11.6. The molecule has 1 atom stereocenters. The Hall–Kier alpha value is -1.10. The summed E-state index contributed by atoms with van der Waals surface area (Å²) in [6.07, 6.45) is 5.27. The van der Waals surface area contributed by atoms with Crippen molar-refractivity contribution in [3.05, 3.63) is 0 Å². The van der Waals surface area contributed by atoms with Gasteiger partial charge in [0.25, 0.3) is 0 Å². The van der Waals surface area contributed by atoms with Crippen molar-refractivity contribution in [3.63, 3.8) is 0 Å². The summed E-state index contributed by atoms with van der Waals surface area (Å²) < 4.78 is 0. The molecule has 0 heterocycles. The quantitative estimate of drug-likeness (QED) is 0.635. The lowest BCUT2D eigenvalue weighted by Crippen LogP contribution is -2.51. The molecule has 0 aliphatic heterocycles. The van der Waals surface area contributed by atoms with E-state index in [2.05, 4.69) is 5.32 Å². The van der Waals surface area contributed by atoms with E-state index >= 15 is 0 Å². The molecule has 1 amide bonds. The molecule has 2 fully saturated rings. The number of nitrogens with one attached hydrogen (secondary N) is 1. The van der Waals surface area contributed by atoms with Crippen LogP contribution in [0.15, 0.2) is 0 Å². The number of carbonyl (C=O) groups excluding carboxylic acids is 1. The van der Waals surface area contributed by atoms with Crippen LogP contribution in [0.25, 0.3) is 0 Å². The fraction of sp³-hybridized carbons (Fsp3) is 0.833. The van der Waals surface area contributed by atoms with Gasteiger partial charge in [-0.15, -0.1) is 0 Å². The molecule has 0 bridgehead atoms. The minimum Gasteiger partial charge on any atom is -0.481 e. The number of carboxylic acid groups (broad SMARTS) is 1. The van der Waals surface area contributed by atoms with Crippen LogP contribution in [-0.2, 0) is 9.59 Å². The zero-order valence-electron chi connectivity index (χ0n) is 9.95. The SMILES string of the molecule is NC1(CC(=O)NC(CC(=O)O)C2CC2)CCC1. The zero-order chi connectivity index (χ0) is 12.5. The Labute approximate surface area is 101 Å². The second-order valence-corrected chi connectivity index (χ2v) is 5.50. The topological polar surface area (TPSA) is 92.4 Å². The Morgan fingerprint density at radius 1 is 1.41 bits per heavy atom. The van der Waals surface area contributed by atoms with Gasteiger partial charge in [-0.2, -0.15) is 0 Å². The summed E-state index contributed by atoms with van der Waals surface area (Å²) in [5.74, 6) is -0.594. The number of aliphatic carboxylic acids is 1. The standard InChI is InChI=1S/C12H20N2O3/c13-12(4-1-5-12)7-10(15)14-9(6-11(16)17)8-2-3-8/h8-9H,1-7,13H2,(H,14,15)(H,16,17). The van der Waals surface area contributed by atoms with Crippen molar-refractivity contribution in [1.82, 2.24) is 5.32 Å². The fourth-order valence-corrected chi connectivity index (χ4v) is 2.41. The van der Waals surface area contributed by atoms with Gasteiger partial charge in [0.15, 0.2) is 0 Å². The van der Waals surface area contributed by atoms with Crippen LogP contribution < -0.4 is 11.1 Å². The van der Waals surface area contributed by atoms with Gasteiger partial charge in [-0.3, -0.25) is 9.59 Å². The van der Waals surface area contributed by atoms with E-state index in [4.69, 9.17) is 10.8 Å². The molecule has 5 nitrogen and oxygen atoms in total. The van der Waals surface area contributed by atoms with E-state index in [1.807, 2.05) is 0 Å². The highest BCUT2D eigenvalue weighted by Crippen LogP contribution is 2.35. The van der Waals surface area contributed by atoms with Crippen molar-refractivity contribution in [3.8, 4) is 0 Å². The van der Waals surface area contributed by atoms with E-state index < -0.39 is 5.97 Å². The van der Waals surface area contributed by atoms with Crippen LogP contribution in [0.1, 0.15) is 44.9 Å². The first-order chi connectivity index (χ1) is 7.98. The van der Waals surface area contributed by atoms with Gasteiger partial charge < -0.3 is 16.2 Å². The van der Waals surface area contributed by atoms with E-state index in [1.54, 1.807) is 0 Å². The summed E-state index contributed by atoms with van der Waals surface area (Å²) in [5.41, 5.74) is 5.66. The molecule has 2 saturated carbocycles. The normalized spacial score (nSPS) is 23.6. The average molecular weight is 240 g/mol. The second-order valence-electron chi connectivity index (χ2n) is 5.50. The molecule has 0 radical (unpaired) electrons. The van der Waals surface area contributed by atoms with Gasteiger partial charge in [-0.05, 0) is 38.0 Å². The van der Waals surface area contributed by atoms with Gasteiger partial charge in [-0.25, -0.2) is 0 Å². The smallest absolute Gasteiger partial charge is 0.305 e. The van der Waals surface area contributed by atoms with E-state index in [9.17, 15) is 9.59 Å². The molecule has 0 spiro atoms. The number of carbonyl (C=O) groups is 2. The highest BCUT2D eigenvalue weighted by molar-refractivity contribution is 5.78. The summed E-state index contributed by atoms with van der Waals surface area (Å²) in [6, 6.07) is -0.205. The average Bonchev–Trinajstić information content (AvgIpc) is 2.96. The van der Waals surface area contributed by atoms with E-state index in [-0.39, 0.29) is 23.9 Å². The minimum absolute atomic E-state index is 0.0218. The van der Waals surface area contributed by atoms with Crippen molar-refractivity contribution in [2.24, 2.45) is 11.7 Å². The van der Waals surface area contributed by atoms with Crippen LogP contribution in [0, 0.1) is 5.92 Å². The molecule has 2 aliphatic rings. The molecule has 0 aromatic heterocycles. The van der Waals surface area contributed by atoms with Crippen LogP contribution in [0.5, 0.6) is 0 Å². The van der Waals surface area contributed by atoms with E-state index in [1.165, 1.54) is 0 Å². The van der Waals surface area contributed by atoms with Crippen molar-refractivity contribution in [1.29, 1.82) is 0 Å². The molecule has 4 N–H and O–H groups in total. The maximum atomic E-state index is 11.8. The number of nitrogens with two attached hydrogens (primary N) is 1. The van der Waals surface area contributed by atoms with Gasteiger partial charge in [0.05, 0.1) is 6.42 Å². The Balaban J connectivity index is 1.80. The van der Waals surface area contributed by atoms with Crippen LogP contribution in [0.3, 0.4) is 0 Å². The van der Waals surface area contributed by atoms with Gasteiger partial charge in [0.1, 0.15) is 0 Å². The summed E-state index contributed by atoms with van der Waals surface area (Å²) in [6.45, 7) is 0. The molecule has 0 saturated heterocycles. The van der Waals surface area contributed by atoms with Crippen molar-refractivity contribution < 1.29 is 14.7 Å². The van der Waals surface area contributed by atoms with Crippen LogP contribution >= 0.6 is 0 Å². The third-order valence-corrected chi connectivity index (χ3v) is 3.79. The number of hydrogen-bond donors (Lipinski definition) is 3. The van der Waals surface area contributed by atoms with E-state index in [0.29, 0.717) is 12.3 Å². The monoisotopic (exact) mass is 240 g/mol. The molecular formula is C12H20N2O3. The Kier molecular flexibility index (Phi) is 3.38. The highest BCUT2D eigenvalue weighted by Gasteiger charge is 2.37. The molecular weight excluding hydrogens is 220 g/mol. The number of carboxylic acids is 1. The first kappa shape index (κ1) is 12.4. The second kappa shape index (κ2) is 4.64. The largest absolute Gasteiger partial charge is 0.481 e. The first-order valence-corrected chi connectivity index (χ1v) is 6.29. The highest BCUT2D eigenvalue weighted by atomic mass is 16.4. The molecule has 96 valence electrons. The fourth-order valence-electron chi connectivity index (χ4n) is 2.41. The lowest BCUT2D eigenvalue weighted by molar-refractivity contribution is -0.138. The molecule has 0 aromatic rings. The van der Waals surface area contributed by atoms with E-state index in [0.717, 1.165) is 32.1 Å². The lowest BCUT2D eigenvalue weighted by atomic mass is 9.75. The number of hydrogen-bond acceptors (Lipinski definition) is 3. The van der Waals surface area contributed by atoms with Crippen LogP contribution in [0.4, 0.5) is 0 Å². The van der Waals surface area contributed by atoms with Crippen LogP contribution in [-0.4, -0.2) is 28.6 Å². The maximum Gasteiger partial charge on any atom is 0.305 e. The zero-order valence-corrected chi connectivity index (χ0v) is 9.95. The third-order valence-electron chi connectivity index (χ3n) is 3.79. The number of amides is 1. The lowest BCUT2D eigenvalue weighted by Gasteiger charge is -2.37. The van der Waals surface area contributed by atoms with Gasteiger partial charge >= 0.3 is 5.97 Å².